The Morgan fingerprint density at radius 1 is 1.07 bits per heavy atom. The first-order valence-electron chi connectivity index (χ1n) is 5.59. The Hall–Kier alpha value is -0.570. The number of aliphatic hydroxyl groups is 1. The molecule has 0 aromatic heterocycles. The fourth-order valence-corrected chi connectivity index (χ4v) is 4.23. The molecule has 4 unspecified atom stereocenters. The first-order chi connectivity index (χ1) is 6.68. The predicted octanol–water partition coefficient (Wildman–Crippen LogP) is 1.11. The van der Waals surface area contributed by atoms with Crippen molar-refractivity contribution in [3.8, 4) is 0 Å². The van der Waals surface area contributed by atoms with E-state index in [0.717, 1.165) is 12.8 Å². The van der Waals surface area contributed by atoms with Crippen molar-refractivity contribution in [2.24, 2.45) is 29.6 Å². The van der Waals surface area contributed by atoms with Crippen LogP contribution >= 0.6 is 0 Å². The molecule has 3 nitrogen and oxygen atoms in total. The fraction of sp³-hybridized carbons (Fsp3) is 0.909. The molecule has 0 heterocycles. The molecule has 0 aromatic carbocycles. The highest BCUT2D eigenvalue weighted by Crippen LogP contribution is 2.58. The van der Waals surface area contributed by atoms with Crippen LogP contribution in [-0.4, -0.2) is 22.3 Å². The van der Waals surface area contributed by atoms with Gasteiger partial charge in [0.05, 0.1) is 12.0 Å². The molecule has 0 radical (unpaired) electrons. The van der Waals surface area contributed by atoms with Crippen molar-refractivity contribution < 1.29 is 15.0 Å². The Morgan fingerprint density at radius 3 is 2.14 bits per heavy atom. The van der Waals surface area contributed by atoms with Crippen molar-refractivity contribution in [3.05, 3.63) is 0 Å². The average Bonchev–Trinajstić information content (AvgIpc) is 2.17. The van der Waals surface area contributed by atoms with Crippen LogP contribution in [0.25, 0.3) is 0 Å². The molecule has 5 rings (SSSR count). The lowest BCUT2D eigenvalue weighted by Gasteiger charge is -2.57. The SMILES string of the molecule is O=C(O)[C@H]1C2CC3CCC2CC3[C@@H]1O. The Morgan fingerprint density at radius 2 is 1.64 bits per heavy atom. The van der Waals surface area contributed by atoms with Crippen molar-refractivity contribution >= 4 is 5.97 Å². The number of carboxylic acids is 1. The molecule has 2 N–H and O–H groups in total. The number of rotatable bonds is 1. The van der Waals surface area contributed by atoms with Gasteiger partial charge in [-0.1, -0.05) is 0 Å². The summed E-state index contributed by atoms with van der Waals surface area (Å²) in [5.41, 5.74) is 0. The van der Waals surface area contributed by atoms with Crippen LogP contribution in [0.4, 0.5) is 0 Å². The van der Waals surface area contributed by atoms with Crippen LogP contribution in [0.3, 0.4) is 0 Å². The molecule has 0 aliphatic heterocycles. The third kappa shape index (κ3) is 0.937. The molecule has 78 valence electrons. The van der Waals surface area contributed by atoms with E-state index in [0.29, 0.717) is 17.8 Å². The van der Waals surface area contributed by atoms with Gasteiger partial charge in [-0.3, -0.25) is 4.79 Å². The summed E-state index contributed by atoms with van der Waals surface area (Å²) >= 11 is 0. The second kappa shape index (κ2) is 2.72. The molecule has 5 aliphatic carbocycles. The van der Waals surface area contributed by atoms with E-state index >= 15 is 0 Å². The predicted molar refractivity (Wildman–Crippen MR) is 49.6 cm³/mol. The largest absolute Gasteiger partial charge is 0.481 e. The molecule has 0 aromatic rings. The number of aliphatic hydroxyl groups excluding tert-OH is 1. The van der Waals surface area contributed by atoms with Crippen LogP contribution in [0.2, 0.25) is 0 Å². The molecular formula is C11H16O3. The van der Waals surface area contributed by atoms with E-state index in [-0.39, 0.29) is 5.92 Å². The van der Waals surface area contributed by atoms with Gasteiger partial charge >= 0.3 is 5.97 Å². The molecule has 0 saturated heterocycles. The van der Waals surface area contributed by atoms with Gasteiger partial charge in [-0.05, 0) is 49.4 Å². The summed E-state index contributed by atoms with van der Waals surface area (Å²) in [5, 5.41) is 19.1. The minimum absolute atomic E-state index is 0.270. The van der Waals surface area contributed by atoms with Crippen LogP contribution in [-0.2, 0) is 4.79 Å². The van der Waals surface area contributed by atoms with Gasteiger partial charge < -0.3 is 10.2 Å². The summed E-state index contributed by atoms with van der Waals surface area (Å²) in [7, 11) is 0. The molecule has 14 heavy (non-hydrogen) atoms. The van der Waals surface area contributed by atoms with E-state index in [2.05, 4.69) is 0 Å². The Labute approximate surface area is 83.1 Å². The number of aliphatic carboxylic acids is 1. The second-order valence-electron chi connectivity index (χ2n) is 5.25. The van der Waals surface area contributed by atoms with Crippen molar-refractivity contribution in [2.45, 2.75) is 31.8 Å². The zero-order valence-electron chi connectivity index (χ0n) is 8.10. The number of carbonyl (C=O) groups is 1. The van der Waals surface area contributed by atoms with Crippen molar-refractivity contribution in [3.63, 3.8) is 0 Å². The Balaban J connectivity index is 1.94. The van der Waals surface area contributed by atoms with E-state index in [1.807, 2.05) is 0 Å². The molecule has 5 aliphatic rings. The van der Waals surface area contributed by atoms with E-state index in [9.17, 15) is 9.90 Å². The van der Waals surface area contributed by atoms with Gasteiger partial charge in [0.25, 0.3) is 0 Å². The maximum absolute atomic E-state index is 11.1. The Kier molecular flexibility index (Phi) is 1.69. The molecule has 0 spiro atoms. The van der Waals surface area contributed by atoms with Gasteiger partial charge in [0.2, 0.25) is 0 Å². The molecule has 3 heteroatoms. The third-order valence-corrected chi connectivity index (χ3v) is 4.82. The average molecular weight is 196 g/mol. The van der Waals surface area contributed by atoms with Gasteiger partial charge in [-0.15, -0.1) is 0 Å². The molecule has 6 atom stereocenters. The first-order valence-corrected chi connectivity index (χ1v) is 5.59. The first kappa shape index (κ1) is 8.72. The summed E-state index contributed by atoms with van der Waals surface area (Å²) in [6, 6.07) is 0. The van der Waals surface area contributed by atoms with E-state index in [1.54, 1.807) is 0 Å². The third-order valence-electron chi connectivity index (χ3n) is 4.82. The number of fused-ring (bicyclic) bond motifs is 2. The zero-order chi connectivity index (χ0) is 9.87. The highest BCUT2D eigenvalue weighted by Gasteiger charge is 2.57. The second-order valence-corrected chi connectivity index (χ2v) is 5.25. The van der Waals surface area contributed by atoms with Crippen LogP contribution in [0.5, 0.6) is 0 Å². The van der Waals surface area contributed by atoms with E-state index < -0.39 is 18.0 Å². The lowest BCUT2D eigenvalue weighted by molar-refractivity contribution is -0.179. The van der Waals surface area contributed by atoms with Gasteiger partial charge in [0, 0.05) is 0 Å². The van der Waals surface area contributed by atoms with Crippen molar-refractivity contribution in [2.75, 3.05) is 0 Å². The summed E-state index contributed by atoms with van der Waals surface area (Å²) in [4.78, 5) is 11.1. The monoisotopic (exact) mass is 196 g/mol. The lowest BCUT2D eigenvalue weighted by atomic mass is 9.48. The van der Waals surface area contributed by atoms with Crippen LogP contribution in [0.1, 0.15) is 25.7 Å². The molecular weight excluding hydrogens is 180 g/mol. The number of carboxylic acid groups (broad SMARTS) is 1. The van der Waals surface area contributed by atoms with Gasteiger partial charge in [0.1, 0.15) is 0 Å². The summed E-state index contributed by atoms with van der Waals surface area (Å²) in [6.45, 7) is 0. The molecule has 5 fully saturated rings. The maximum Gasteiger partial charge on any atom is 0.309 e. The summed E-state index contributed by atoms with van der Waals surface area (Å²) in [5.74, 6) is 0.532. The highest BCUT2D eigenvalue weighted by molar-refractivity contribution is 5.71. The van der Waals surface area contributed by atoms with Crippen molar-refractivity contribution in [1.82, 2.24) is 0 Å². The van der Waals surface area contributed by atoms with Crippen LogP contribution in [0, 0.1) is 29.6 Å². The molecule has 4 bridgehead atoms. The summed E-state index contributed by atoms with van der Waals surface area (Å²) < 4.78 is 0. The molecule has 5 saturated carbocycles. The smallest absolute Gasteiger partial charge is 0.309 e. The van der Waals surface area contributed by atoms with E-state index in [1.165, 1.54) is 12.8 Å². The number of hydrogen-bond donors (Lipinski definition) is 2. The standard InChI is InChI=1S/C11H16O3/c12-10-8-4-5-1-2-6(8)3-7(5)9(10)11(13)14/h5-10,12H,1-4H2,(H,13,14)/t5?,6?,7?,8?,9-,10-/m0/s1. The topological polar surface area (TPSA) is 57.5 Å². The maximum atomic E-state index is 11.1. The zero-order valence-corrected chi connectivity index (χ0v) is 8.10. The summed E-state index contributed by atoms with van der Waals surface area (Å²) in [6.07, 6.45) is 3.99. The van der Waals surface area contributed by atoms with E-state index in [4.69, 9.17) is 5.11 Å². The quantitative estimate of drug-likeness (QED) is 0.660. The highest BCUT2D eigenvalue weighted by atomic mass is 16.4. The Bertz CT molecular complexity index is 276. The van der Waals surface area contributed by atoms with Crippen molar-refractivity contribution in [1.29, 1.82) is 0 Å². The normalized spacial score (nSPS) is 54.9. The van der Waals surface area contributed by atoms with Gasteiger partial charge in [-0.2, -0.15) is 0 Å². The minimum atomic E-state index is -0.780. The van der Waals surface area contributed by atoms with Gasteiger partial charge in [0.15, 0.2) is 0 Å². The van der Waals surface area contributed by atoms with Crippen LogP contribution in [0.15, 0.2) is 0 Å². The fourth-order valence-electron chi connectivity index (χ4n) is 4.23. The van der Waals surface area contributed by atoms with Crippen LogP contribution < -0.4 is 0 Å². The lowest BCUT2D eigenvalue weighted by Crippen LogP contribution is -2.57. The van der Waals surface area contributed by atoms with Gasteiger partial charge in [-0.25, -0.2) is 0 Å². The minimum Gasteiger partial charge on any atom is -0.481 e. The molecule has 0 amide bonds. The number of hydrogen-bond acceptors (Lipinski definition) is 2.